The molecule has 2 aromatic rings. The first-order valence-corrected chi connectivity index (χ1v) is 6.64. The highest BCUT2D eigenvalue weighted by Gasteiger charge is 2.07. The van der Waals surface area contributed by atoms with E-state index in [2.05, 4.69) is 10.3 Å². The van der Waals surface area contributed by atoms with Gasteiger partial charge in [0.2, 0.25) is 5.91 Å². The number of aryl methyl sites for hydroxylation is 1. The van der Waals surface area contributed by atoms with Crippen LogP contribution in [0.5, 0.6) is 0 Å². The summed E-state index contributed by atoms with van der Waals surface area (Å²) in [7, 11) is 0. The summed E-state index contributed by atoms with van der Waals surface area (Å²) < 4.78 is 13.7. The first kappa shape index (κ1) is 13.6. The van der Waals surface area contributed by atoms with Crippen LogP contribution in [0.15, 0.2) is 23.6 Å². The van der Waals surface area contributed by atoms with Crippen LogP contribution in [0.2, 0.25) is 0 Å². The monoisotopic (exact) mass is 279 g/mol. The molecule has 0 radical (unpaired) electrons. The standard InChI is InChI=1S/C13H14FN3OS/c1-8-7-19-12(17-8)6-16-5-10-3-2-9(13(15)18)4-11(10)14/h2-4,7,16H,5-6H2,1H3,(H2,15,18). The molecule has 0 spiro atoms. The molecule has 1 aromatic carbocycles. The Morgan fingerprint density at radius 1 is 1.47 bits per heavy atom. The second-order valence-corrected chi connectivity index (χ2v) is 5.10. The molecule has 0 unspecified atom stereocenters. The third-order valence-electron chi connectivity index (χ3n) is 2.60. The molecule has 0 saturated heterocycles. The summed E-state index contributed by atoms with van der Waals surface area (Å²) in [5.74, 6) is -1.06. The van der Waals surface area contributed by atoms with Crippen LogP contribution in [-0.2, 0) is 13.1 Å². The summed E-state index contributed by atoms with van der Waals surface area (Å²) >= 11 is 1.57. The summed E-state index contributed by atoms with van der Waals surface area (Å²) in [5.41, 5.74) is 6.74. The highest BCUT2D eigenvalue weighted by molar-refractivity contribution is 7.09. The minimum Gasteiger partial charge on any atom is -0.366 e. The molecular formula is C13H14FN3OS. The second kappa shape index (κ2) is 5.90. The van der Waals surface area contributed by atoms with Crippen LogP contribution in [-0.4, -0.2) is 10.9 Å². The number of aromatic nitrogens is 1. The highest BCUT2D eigenvalue weighted by Crippen LogP contribution is 2.11. The molecule has 0 aliphatic rings. The molecule has 0 saturated carbocycles. The van der Waals surface area contributed by atoms with Gasteiger partial charge in [-0.25, -0.2) is 9.37 Å². The lowest BCUT2D eigenvalue weighted by Crippen LogP contribution is -2.15. The van der Waals surface area contributed by atoms with Gasteiger partial charge in [-0.05, 0) is 19.1 Å². The van der Waals surface area contributed by atoms with Crippen molar-refractivity contribution in [3.8, 4) is 0 Å². The minimum absolute atomic E-state index is 0.178. The van der Waals surface area contributed by atoms with Crippen molar-refractivity contribution in [1.82, 2.24) is 10.3 Å². The number of primary amides is 1. The van der Waals surface area contributed by atoms with Crippen LogP contribution in [0, 0.1) is 12.7 Å². The Labute approximate surface area is 114 Å². The van der Waals surface area contributed by atoms with E-state index in [1.54, 1.807) is 17.4 Å². The maximum absolute atomic E-state index is 13.7. The number of nitrogens with zero attached hydrogens (tertiary/aromatic N) is 1. The fourth-order valence-electron chi connectivity index (χ4n) is 1.63. The van der Waals surface area contributed by atoms with Crippen LogP contribution in [0.3, 0.4) is 0 Å². The maximum Gasteiger partial charge on any atom is 0.248 e. The van der Waals surface area contributed by atoms with Gasteiger partial charge in [-0.1, -0.05) is 6.07 Å². The predicted molar refractivity (Wildman–Crippen MR) is 72.3 cm³/mol. The van der Waals surface area contributed by atoms with Crippen LogP contribution >= 0.6 is 11.3 Å². The van der Waals surface area contributed by atoms with Crippen molar-refractivity contribution in [1.29, 1.82) is 0 Å². The average molecular weight is 279 g/mol. The SMILES string of the molecule is Cc1csc(CNCc2ccc(C(N)=O)cc2F)n1. The molecule has 1 heterocycles. The average Bonchev–Trinajstić information content (AvgIpc) is 2.77. The van der Waals surface area contributed by atoms with E-state index in [9.17, 15) is 9.18 Å². The Morgan fingerprint density at radius 2 is 2.26 bits per heavy atom. The van der Waals surface area contributed by atoms with Crippen molar-refractivity contribution in [2.24, 2.45) is 5.73 Å². The zero-order valence-corrected chi connectivity index (χ0v) is 11.3. The summed E-state index contributed by atoms with van der Waals surface area (Å²) in [6.45, 7) is 2.90. The number of nitrogens with one attached hydrogen (secondary N) is 1. The van der Waals surface area contributed by atoms with Crippen molar-refractivity contribution < 1.29 is 9.18 Å². The van der Waals surface area contributed by atoms with Gasteiger partial charge in [0, 0.05) is 35.3 Å². The molecule has 1 amide bonds. The number of carbonyl (C=O) groups excluding carboxylic acids is 1. The molecule has 0 aliphatic heterocycles. The molecule has 4 nitrogen and oxygen atoms in total. The number of rotatable bonds is 5. The predicted octanol–water partition coefficient (Wildman–Crippen LogP) is 1.98. The van der Waals surface area contributed by atoms with Gasteiger partial charge in [-0.2, -0.15) is 0 Å². The Kier molecular flexibility index (Phi) is 4.24. The lowest BCUT2D eigenvalue weighted by Gasteiger charge is -2.05. The maximum atomic E-state index is 13.7. The zero-order chi connectivity index (χ0) is 13.8. The number of hydrogen-bond donors (Lipinski definition) is 2. The second-order valence-electron chi connectivity index (χ2n) is 4.16. The van der Waals surface area contributed by atoms with Crippen molar-refractivity contribution >= 4 is 17.2 Å². The lowest BCUT2D eigenvalue weighted by atomic mass is 10.1. The van der Waals surface area contributed by atoms with Gasteiger partial charge in [0.1, 0.15) is 10.8 Å². The Morgan fingerprint density at radius 3 is 2.84 bits per heavy atom. The smallest absolute Gasteiger partial charge is 0.248 e. The van der Waals surface area contributed by atoms with Crippen molar-refractivity contribution in [2.45, 2.75) is 20.0 Å². The number of amides is 1. The third-order valence-corrected chi connectivity index (χ3v) is 3.56. The van der Waals surface area contributed by atoms with Gasteiger partial charge in [-0.15, -0.1) is 11.3 Å². The van der Waals surface area contributed by atoms with E-state index in [0.717, 1.165) is 16.8 Å². The van der Waals surface area contributed by atoms with Gasteiger partial charge < -0.3 is 11.1 Å². The number of carbonyl (C=O) groups is 1. The number of hydrogen-bond acceptors (Lipinski definition) is 4. The fraction of sp³-hybridized carbons (Fsp3) is 0.231. The summed E-state index contributed by atoms with van der Waals surface area (Å²) in [6.07, 6.45) is 0. The lowest BCUT2D eigenvalue weighted by molar-refractivity contribution is 0.1000. The molecule has 100 valence electrons. The fourth-order valence-corrected chi connectivity index (χ4v) is 2.37. The van der Waals surface area contributed by atoms with Gasteiger partial charge in [0.15, 0.2) is 0 Å². The van der Waals surface area contributed by atoms with E-state index < -0.39 is 11.7 Å². The molecule has 0 bridgehead atoms. The molecule has 0 fully saturated rings. The highest BCUT2D eigenvalue weighted by atomic mass is 32.1. The molecule has 19 heavy (non-hydrogen) atoms. The number of thiazole rings is 1. The molecule has 2 rings (SSSR count). The van der Waals surface area contributed by atoms with Crippen LogP contribution in [0.25, 0.3) is 0 Å². The van der Waals surface area contributed by atoms with Gasteiger partial charge in [0.25, 0.3) is 0 Å². The van der Waals surface area contributed by atoms with E-state index >= 15 is 0 Å². The first-order chi connectivity index (χ1) is 9.06. The van der Waals surface area contributed by atoms with Gasteiger partial charge in [-0.3, -0.25) is 4.79 Å². The van der Waals surface area contributed by atoms with E-state index in [0.29, 0.717) is 18.7 Å². The van der Waals surface area contributed by atoms with E-state index in [1.165, 1.54) is 6.07 Å². The van der Waals surface area contributed by atoms with E-state index in [4.69, 9.17) is 5.73 Å². The first-order valence-electron chi connectivity index (χ1n) is 5.76. The minimum atomic E-state index is -0.628. The molecule has 6 heteroatoms. The molecule has 1 aromatic heterocycles. The van der Waals surface area contributed by atoms with Crippen LogP contribution < -0.4 is 11.1 Å². The van der Waals surface area contributed by atoms with Crippen LogP contribution in [0.1, 0.15) is 26.6 Å². The van der Waals surface area contributed by atoms with Crippen molar-refractivity contribution in [2.75, 3.05) is 0 Å². The number of halogens is 1. The molecule has 3 N–H and O–H groups in total. The third kappa shape index (κ3) is 3.59. The van der Waals surface area contributed by atoms with E-state index in [-0.39, 0.29) is 5.56 Å². The topological polar surface area (TPSA) is 68.0 Å². The van der Waals surface area contributed by atoms with Crippen molar-refractivity contribution in [3.63, 3.8) is 0 Å². The largest absolute Gasteiger partial charge is 0.366 e. The molecule has 0 aliphatic carbocycles. The summed E-state index contributed by atoms with van der Waals surface area (Å²) in [6, 6.07) is 4.25. The number of benzene rings is 1. The quantitative estimate of drug-likeness (QED) is 0.879. The van der Waals surface area contributed by atoms with Crippen molar-refractivity contribution in [3.05, 3.63) is 51.2 Å². The normalized spacial score (nSPS) is 10.6. The van der Waals surface area contributed by atoms with Gasteiger partial charge in [0.05, 0.1) is 0 Å². The van der Waals surface area contributed by atoms with Crippen LogP contribution in [0.4, 0.5) is 4.39 Å². The summed E-state index contributed by atoms with van der Waals surface area (Å²) in [5, 5.41) is 6.05. The van der Waals surface area contributed by atoms with E-state index in [1.807, 2.05) is 12.3 Å². The molecular weight excluding hydrogens is 265 g/mol. The Bertz CT molecular complexity index is 597. The Balaban J connectivity index is 1.94. The van der Waals surface area contributed by atoms with Gasteiger partial charge >= 0.3 is 0 Å². The molecule has 0 atom stereocenters. The summed E-state index contributed by atoms with van der Waals surface area (Å²) in [4.78, 5) is 15.2. The zero-order valence-electron chi connectivity index (χ0n) is 10.4. The Hall–Kier alpha value is -1.79. The number of nitrogens with two attached hydrogens (primary N) is 1.